The summed E-state index contributed by atoms with van der Waals surface area (Å²) in [7, 11) is 0. The first kappa shape index (κ1) is 25.8. The van der Waals surface area contributed by atoms with Crippen molar-refractivity contribution in [3.8, 4) is 0 Å². The zero-order valence-electron chi connectivity index (χ0n) is 24.1. The lowest BCUT2D eigenvalue weighted by Gasteiger charge is -2.72. The van der Waals surface area contributed by atoms with Crippen LogP contribution in [0.15, 0.2) is 11.6 Å². The van der Waals surface area contributed by atoms with Crippen molar-refractivity contribution in [3.05, 3.63) is 11.6 Å². The van der Waals surface area contributed by atoms with E-state index < -0.39 is 0 Å². The Morgan fingerprint density at radius 3 is 2.23 bits per heavy atom. The second kappa shape index (κ2) is 7.61. The molecule has 198 valence electrons. The van der Waals surface area contributed by atoms with E-state index in [1.165, 1.54) is 32.1 Å². The van der Waals surface area contributed by atoms with Crippen LogP contribution in [-0.2, 0) is 9.53 Å². The minimum Gasteiger partial charge on any atom is -0.462 e. The van der Waals surface area contributed by atoms with Gasteiger partial charge in [-0.15, -0.1) is 0 Å². The summed E-state index contributed by atoms with van der Waals surface area (Å²) in [6, 6.07) is 0. The summed E-state index contributed by atoms with van der Waals surface area (Å²) >= 11 is 0. The Kier molecular flexibility index (Phi) is 5.61. The van der Waals surface area contributed by atoms with E-state index in [9.17, 15) is 9.90 Å². The number of carbonyl (C=O) groups is 1. The van der Waals surface area contributed by atoms with E-state index in [0.29, 0.717) is 23.2 Å². The maximum atomic E-state index is 11.9. The van der Waals surface area contributed by atoms with Crippen LogP contribution in [-0.4, -0.2) is 23.3 Å². The Morgan fingerprint density at radius 2 is 1.57 bits per heavy atom. The molecule has 5 aliphatic rings. The third-order valence-corrected chi connectivity index (χ3v) is 13.4. The molecule has 0 aliphatic heterocycles. The summed E-state index contributed by atoms with van der Waals surface area (Å²) in [5.41, 5.74) is 2.54. The molecule has 3 nitrogen and oxygen atoms in total. The fourth-order valence-electron chi connectivity index (χ4n) is 11.0. The lowest BCUT2D eigenvalue weighted by molar-refractivity contribution is -0.219. The summed E-state index contributed by atoms with van der Waals surface area (Å²) in [5.74, 6) is 1.52. The summed E-state index contributed by atoms with van der Waals surface area (Å²) < 4.78 is 5.89. The van der Waals surface area contributed by atoms with E-state index in [2.05, 4.69) is 61.5 Å². The van der Waals surface area contributed by atoms with E-state index in [4.69, 9.17) is 4.74 Å². The number of hydrogen-bond acceptors (Lipinski definition) is 3. The summed E-state index contributed by atoms with van der Waals surface area (Å²) in [6.07, 6.45) is 12.7. The highest BCUT2D eigenvalue weighted by atomic mass is 16.5. The molecule has 0 saturated heterocycles. The van der Waals surface area contributed by atoms with E-state index in [1.54, 1.807) is 12.5 Å². The predicted octanol–water partition coefficient (Wildman–Crippen LogP) is 7.71. The van der Waals surface area contributed by atoms with Gasteiger partial charge in [-0.05, 0) is 97.2 Å². The molecule has 1 N–H and O–H groups in total. The van der Waals surface area contributed by atoms with Crippen molar-refractivity contribution >= 4 is 5.97 Å². The number of rotatable bonds is 1. The van der Waals surface area contributed by atoms with E-state index in [1.807, 2.05) is 0 Å². The maximum absolute atomic E-state index is 11.9. The van der Waals surface area contributed by atoms with E-state index in [-0.39, 0.29) is 45.3 Å². The van der Waals surface area contributed by atoms with Gasteiger partial charge in [-0.25, -0.2) is 0 Å². The number of aliphatic hydroxyl groups excluding tert-OH is 1. The van der Waals surface area contributed by atoms with Crippen LogP contribution >= 0.6 is 0 Å². The van der Waals surface area contributed by atoms with Crippen molar-refractivity contribution < 1.29 is 14.6 Å². The lowest BCUT2D eigenvalue weighted by Crippen LogP contribution is -2.66. The van der Waals surface area contributed by atoms with Gasteiger partial charge in [0.05, 0.1) is 6.10 Å². The van der Waals surface area contributed by atoms with Crippen molar-refractivity contribution in [1.29, 1.82) is 0 Å². The molecule has 9 atom stereocenters. The highest BCUT2D eigenvalue weighted by Crippen LogP contribution is 2.75. The number of esters is 1. The molecule has 0 radical (unpaired) electrons. The minimum absolute atomic E-state index is 0.0110. The Bertz CT molecular complexity index is 931. The van der Waals surface area contributed by atoms with Crippen LogP contribution in [0.3, 0.4) is 0 Å². The van der Waals surface area contributed by atoms with Crippen LogP contribution in [0.4, 0.5) is 0 Å². The van der Waals surface area contributed by atoms with Crippen LogP contribution in [0, 0.1) is 50.2 Å². The monoisotopic (exact) mass is 484 g/mol. The standard InChI is InChI=1S/C32H52O3/c1-20(33)35-26-13-14-30(7)23(28(26,4)5)12-15-31(8)24(30)11-10-21-22-18-27(2,3)16-17-29(22,6)25(34)19-32(21,31)9/h10,22-26,34H,11-19H2,1-9H3/t22-,23-,24+,25-,26-,29-,30-,31+,32+/m0/s1. The van der Waals surface area contributed by atoms with Gasteiger partial charge in [0.1, 0.15) is 6.10 Å². The van der Waals surface area contributed by atoms with Gasteiger partial charge < -0.3 is 9.84 Å². The lowest BCUT2D eigenvalue weighted by atomic mass is 9.33. The fourth-order valence-corrected chi connectivity index (χ4v) is 11.0. The van der Waals surface area contributed by atoms with Crippen LogP contribution in [0.2, 0.25) is 0 Å². The molecule has 0 aromatic rings. The fraction of sp³-hybridized carbons (Fsp3) is 0.906. The Morgan fingerprint density at radius 1 is 0.886 bits per heavy atom. The normalized spacial score (nSPS) is 52.2. The van der Waals surface area contributed by atoms with Gasteiger partial charge in [0.2, 0.25) is 0 Å². The first-order valence-electron chi connectivity index (χ1n) is 14.6. The zero-order chi connectivity index (χ0) is 25.8. The molecular formula is C32H52O3. The molecule has 35 heavy (non-hydrogen) atoms. The van der Waals surface area contributed by atoms with Crippen molar-refractivity contribution in [3.63, 3.8) is 0 Å². The predicted molar refractivity (Wildman–Crippen MR) is 142 cm³/mol. The summed E-state index contributed by atoms with van der Waals surface area (Å²) in [5, 5.41) is 11.8. The molecule has 0 spiro atoms. The van der Waals surface area contributed by atoms with Gasteiger partial charge in [0, 0.05) is 17.8 Å². The smallest absolute Gasteiger partial charge is 0.302 e. The second-order valence-corrected chi connectivity index (χ2v) is 15.9. The Hall–Kier alpha value is -0.830. The Labute approximate surface area is 214 Å². The molecule has 4 fully saturated rings. The van der Waals surface area contributed by atoms with E-state index in [0.717, 1.165) is 25.7 Å². The summed E-state index contributed by atoms with van der Waals surface area (Å²) in [6.45, 7) is 21.3. The topological polar surface area (TPSA) is 46.5 Å². The first-order valence-corrected chi connectivity index (χ1v) is 14.6. The van der Waals surface area contributed by atoms with Gasteiger partial charge in [-0.3, -0.25) is 4.79 Å². The van der Waals surface area contributed by atoms with Crippen LogP contribution < -0.4 is 0 Å². The van der Waals surface area contributed by atoms with Crippen molar-refractivity contribution in [2.75, 3.05) is 0 Å². The molecule has 5 aliphatic carbocycles. The first-order chi connectivity index (χ1) is 16.0. The van der Waals surface area contributed by atoms with Crippen LogP contribution in [0.25, 0.3) is 0 Å². The van der Waals surface area contributed by atoms with Gasteiger partial charge in [0.15, 0.2) is 0 Å². The molecule has 3 heteroatoms. The molecule has 0 aromatic heterocycles. The average molecular weight is 485 g/mol. The largest absolute Gasteiger partial charge is 0.462 e. The second-order valence-electron chi connectivity index (χ2n) is 15.9. The number of fused-ring (bicyclic) bond motifs is 7. The van der Waals surface area contributed by atoms with Gasteiger partial charge in [-0.2, -0.15) is 0 Å². The molecule has 0 bridgehead atoms. The summed E-state index contributed by atoms with van der Waals surface area (Å²) in [4.78, 5) is 11.9. The van der Waals surface area contributed by atoms with Crippen molar-refractivity contribution in [2.24, 2.45) is 50.2 Å². The average Bonchev–Trinajstić information content (AvgIpc) is 2.72. The molecule has 0 unspecified atom stereocenters. The van der Waals surface area contributed by atoms with Gasteiger partial charge >= 0.3 is 5.97 Å². The third kappa shape index (κ3) is 3.34. The maximum Gasteiger partial charge on any atom is 0.302 e. The Balaban J connectivity index is 1.55. The zero-order valence-corrected chi connectivity index (χ0v) is 24.1. The molecule has 0 heterocycles. The quantitative estimate of drug-likeness (QED) is 0.306. The molecule has 0 amide bonds. The number of hydrogen-bond donors (Lipinski definition) is 1. The number of ether oxygens (including phenoxy) is 1. The highest BCUT2D eigenvalue weighted by molar-refractivity contribution is 5.66. The van der Waals surface area contributed by atoms with Crippen LogP contribution in [0.5, 0.6) is 0 Å². The molecule has 4 saturated carbocycles. The number of aliphatic hydroxyl groups is 1. The van der Waals surface area contributed by atoms with Crippen molar-refractivity contribution in [1.82, 2.24) is 0 Å². The SMILES string of the molecule is CC(=O)O[C@H]1CC[C@]2(C)[C@H]3CC=C4[C@@H]5CC(C)(C)CC[C@]5(C)[C@@H](O)C[C@@]4(C)[C@]3(C)CC[C@H]2C1(C)C. The molecule has 0 aromatic carbocycles. The highest BCUT2D eigenvalue weighted by Gasteiger charge is 2.69. The molecular weight excluding hydrogens is 432 g/mol. The van der Waals surface area contributed by atoms with Crippen molar-refractivity contribution in [2.45, 2.75) is 132 Å². The third-order valence-electron chi connectivity index (χ3n) is 13.4. The van der Waals surface area contributed by atoms with Gasteiger partial charge in [0.25, 0.3) is 0 Å². The van der Waals surface area contributed by atoms with Gasteiger partial charge in [-0.1, -0.05) is 67.0 Å². The van der Waals surface area contributed by atoms with E-state index >= 15 is 0 Å². The van der Waals surface area contributed by atoms with Crippen LogP contribution in [0.1, 0.15) is 120 Å². The number of allylic oxidation sites excluding steroid dienone is 2. The molecule has 5 rings (SSSR count). The minimum atomic E-state index is -0.219. The number of carbonyl (C=O) groups excluding carboxylic acids is 1.